The van der Waals surface area contributed by atoms with Gasteiger partial charge in [0.05, 0.1) is 35.8 Å². The van der Waals surface area contributed by atoms with Crippen molar-refractivity contribution in [2.75, 3.05) is 27.2 Å². The van der Waals surface area contributed by atoms with Crippen LogP contribution in [0.15, 0.2) is 30.3 Å². The second-order valence-electron chi connectivity index (χ2n) is 14.6. The fraction of sp³-hybridized carbons (Fsp3) is 0.757. The van der Waals surface area contributed by atoms with Gasteiger partial charge >= 0.3 is 0 Å². The van der Waals surface area contributed by atoms with Crippen LogP contribution in [0.2, 0.25) is 0 Å². The first kappa shape index (κ1) is 40.6. The highest BCUT2D eigenvalue weighted by Crippen LogP contribution is 2.28. The highest BCUT2D eigenvalue weighted by molar-refractivity contribution is 5.85. The van der Waals surface area contributed by atoms with E-state index in [4.69, 9.17) is 16.2 Å². The minimum atomic E-state index is -0.999. The van der Waals surface area contributed by atoms with Crippen LogP contribution < -0.4 is 22.1 Å². The largest absolute Gasteiger partial charge is 0.378 e. The summed E-state index contributed by atoms with van der Waals surface area (Å²) in [5.74, 6) is -0.0738. The molecule has 0 spiro atoms. The van der Waals surface area contributed by atoms with E-state index in [9.17, 15) is 14.4 Å². The van der Waals surface area contributed by atoms with Crippen LogP contribution in [0.5, 0.6) is 0 Å². The zero-order chi connectivity index (χ0) is 35.3. The molecule has 1 fully saturated rings. The van der Waals surface area contributed by atoms with E-state index in [1.54, 1.807) is 21.0 Å². The Morgan fingerprint density at radius 2 is 1.77 bits per heavy atom. The van der Waals surface area contributed by atoms with E-state index in [1.807, 2.05) is 37.1 Å². The molecule has 3 amide bonds. The number of hydrogen-bond acceptors (Lipinski definition) is 7. The molecule has 0 aliphatic carbocycles. The highest BCUT2D eigenvalue weighted by atomic mass is 16.5. The number of nitrogens with two attached hydrogens (primary N) is 2. The Bertz CT molecular complexity index is 1090. The SMILES string of the molecule is CCC(C)C(CCCC(=O)N1CCCC1C(OC)C(C)C(=O)NCCCc1ccccc1)N(C)C(N)C(NC(=O)C(C)(C)N)C(C)C. The average molecular weight is 659 g/mol. The number of benzene rings is 1. The number of rotatable bonds is 20. The maximum atomic E-state index is 13.6. The van der Waals surface area contributed by atoms with Gasteiger partial charge < -0.3 is 31.7 Å². The monoisotopic (exact) mass is 659 g/mol. The van der Waals surface area contributed by atoms with Gasteiger partial charge in [-0.2, -0.15) is 0 Å². The lowest BCUT2D eigenvalue weighted by Crippen LogP contribution is -2.63. The van der Waals surface area contributed by atoms with Gasteiger partial charge in [-0.1, -0.05) is 71.4 Å². The smallest absolute Gasteiger partial charge is 0.239 e. The number of methoxy groups -OCH3 is 1. The van der Waals surface area contributed by atoms with Gasteiger partial charge in [0.15, 0.2) is 0 Å². The van der Waals surface area contributed by atoms with Gasteiger partial charge in [-0.05, 0) is 76.8 Å². The van der Waals surface area contributed by atoms with E-state index in [2.05, 4.69) is 55.4 Å². The van der Waals surface area contributed by atoms with Gasteiger partial charge in [-0.15, -0.1) is 0 Å². The number of ether oxygens (including phenoxy) is 1. The fourth-order valence-electron chi connectivity index (χ4n) is 6.82. The van der Waals surface area contributed by atoms with Gasteiger partial charge in [0.2, 0.25) is 17.7 Å². The molecule has 10 nitrogen and oxygen atoms in total. The predicted molar refractivity (Wildman–Crippen MR) is 190 cm³/mol. The Labute approximate surface area is 285 Å². The molecule has 47 heavy (non-hydrogen) atoms. The Balaban J connectivity index is 1.98. The molecule has 7 atom stereocenters. The first-order valence-electron chi connectivity index (χ1n) is 17.8. The van der Waals surface area contributed by atoms with Crippen molar-refractivity contribution in [1.29, 1.82) is 0 Å². The maximum Gasteiger partial charge on any atom is 0.239 e. The normalized spacial score (nSPS) is 19.3. The third-order valence-electron chi connectivity index (χ3n) is 10.1. The van der Waals surface area contributed by atoms with E-state index >= 15 is 0 Å². The average Bonchev–Trinajstić information content (AvgIpc) is 3.52. The summed E-state index contributed by atoms with van der Waals surface area (Å²) in [5, 5.41) is 6.17. The zero-order valence-electron chi connectivity index (χ0n) is 30.8. The van der Waals surface area contributed by atoms with Crippen LogP contribution in [0.1, 0.15) is 99.0 Å². The summed E-state index contributed by atoms with van der Waals surface area (Å²) in [7, 11) is 3.66. The standard InChI is InChI=1S/C37H66N6O4/c1-10-26(4)29(42(8)34(38)32(25(2)3)41-36(46)37(6,7)39)20-14-22-31(44)43-24-16-21-30(43)33(47-9)27(5)35(45)40-23-15-19-28-17-12-11-13-18-28/h11-13,17-18,25-27,29-30,32-34H,10,14-16,19-24,38-39H2,1-9H3,(H,40,45)(H,41,46). The Morgan fingerprint density at radius 3 is 2.34 bits per heavy atom. The van der Waals surface area contributed by atoms with Crippen molar-refractivity contribution >= 4 is 17.7 Å². The van der Waals surface area contributed by atoms with E-state index in [-0.39, 0.29) is 53.8 Å². The molecule has 0 radical (unpaired) electrons. The molecule has 0 saturated carbocycles. The third-order valence-corrected chi connectivity index (χ3v) is 10.1. The molecule has 0 bridgehead atoms. The number of carbonyl (C=O) groups is 3. The lowest BCUT2D eigenvalue weighted by Gasteiger charge is -2.42. The first-order valence-corrected chi connectivity index (χ1v) is 17.8. The predicted octanol–water partition coefficient (Wildman–Crippen LogP) is 4.06. The third kappa shape index (κ3) is 12.1. The quantitative estimate of drug-likeness (QED) is 0.122. The summed E-state index contributed by atoms with van der Waals surface area (Å²) >= 11 is 0. The molecule has 1 aliphatic heterocycles. The number of carbonyl (C=O) groups excluding carboxylic acids is 3. The van der Waals surface area contributed by atoms with Crippen molar-refractivity contribution < 1.29 is 19.1 Å². The van der Waals surface area contributed by atoms with Gasteiger partial charge in [0.1, 0.15) is 0 Å². The summed E-state index contributed by atoms with van der Waals surface area (Å²) in [6.07, 6.45) is 5.65. The van der Waals surface area contributed by atoms with Crippen LogP contribution in [0.4, 0.5) is 0 Å². The highest BCUT2D eigenvalue weighted by Gasteiger charge is 2.40. The Morgan fingerprint density at radius 1 is 1.11 bits per heavy atom. The summed E-state index contributed by atoms with van der Waals surface area (Å²) in [5.41, 5.74) is 13.1. The van der Waals surface area contributed by atoms with Crippen LogP contribution in [0, 0.1) is 17.8 Å². The molecule has 1 heterocycles. The van der Waals surface area contributed by atoms with Crippen LogP contribution in [-0.2, 0) is 25.5 Å². The molecule has 0 aromatic heterocycles. The molecular weight excluding hydrogens is 592 g/mol. The van der Waals surface area contributed by atoms with Crippen molar-refractivity contribution in [3.05, 3.63) is 35.9 Å². The molecule has 268 valence electrons. The number of likely N-dealkylation sites (tertiary alicyclic amines) is 1. The number of aryl methyl sites for hydroxylation is 1. The molecule has 1 aromatic carbocycles. The molecule has 2 rings (SSSR count). The van der Waals surface area contributed by atoms with E-state index in [0.29, 0.717) is 25.4 Å². The number of nitrogens with zero attached hydrogens (tertiary/aromatic N) is 2. The van der Waals surface area contributed by atoms with Crippen molar-refractivity contribution in [3.8, 4) is 0 Å². The lowest BCUT2D eigenvalue weighted by atomic mass is 9.90. The van der Waals surface area contributed by atoms with Crippen molar-refractivity contribution in [3.63, 3.8) is 0 Å². The van der Waals surface area contributed by atoms with Gasteiger partial charge in [0, 0.05) is 32.7 Å². The maximum absolute atomic E-state index is 13.6. The summed E-state index contributed by atoms with van der Waals surface area (Å²) in [6, 6.07) is 10.0. The summed E-state index contributed by atoms with van der Waals surface area (Å²) in [4.78, 5) is 43.6. The van der Waals surface area contributed by atoms with Crippen LogP contribution in [0.25, 0.3) is 0 Å². The van der Waals surface area contributed by atoms with Crippen LogP contribution in [0.3, 0.4) is 0 Å². The molecule has 1 aromatic rings. The molecule has 1 aliphatic rings. The van der Waals surface area contributed by atoms with Gasteiger partial charge in [-0.3, -0.25) is 19.3 Å². The molecular formula is C37H66N6O4. The van der Waals surface area contributed by atoms with Crippen LogP contribution >= 0.6 is 0 Å². The number of hydrogen-bond donors (Lipinski definition) is 4. The van der Waals surface area contributed by atoms with E-state index in [1.165, 1.54) is 5.56 Å². The Hall–Kier alpha value is -2.53. The van der Waals surface area contributed by atoms with Crippen molar-refractivity contribution in [1.82, 2.24) is 20.4 Å². The second-order valence-corrected chi connectivity index (χ2v) is 14.6. The Kier molecular flexibility index (Phi) is 16.8. The fourth-order valence-corrected chi connectivity index (χ4v) is 6.82. The van der Waals surface area contributed by atoms with Crippen molar-refractivity contribution in [2.24, 2.45) is 29.2 Å². The molecule has 7 unspecified atom stereocenters. The van der Waals surface area contributed by atoms with Crippen LogP contribution in [-0.4, -0.2) is 90.7 Å². The minimum Gasteiger partial charge on any atom is -0.378 e. The number of likely N-dealkylation sites (N-methyl/N-ethyl adjacent to an activating group) is 1. The lowest BCUT2D eigenvalue weighted by molar-refractivity contribution is -0.140. The minimum absolute atomic E-state index is 0.0362. The summed E-state index contributed by atoms with van der Waals surface area (Å²) < 4.78 is 5.90. The number of amides is 3. The number of nitrogens with one attached hydrogen (secondary N) is 2. The molecule has 6 N–H and O–H groups in total. The van der Waals surface area contributed by atoms with Gasteiger partial charge in [0.25, 0.3) is 0 Å². The summed E-state index contributed by atoms with van der Waals surface area (Å²) in [6.45, 7) is 15.1. The zero-order valence-corrected chi connectivity index (χ0v) is 30.8. The van der Waals surface area contributed by atoms with E-state index < -0.39 is 11.7 Å². The van der Waals surface area contributed by atoms with Gasteiger partial charge in [-0.25, -0.2) is 0 Å². The van der Waals surface area contributed by atoms with Crippen molar-refractivity contribution in [2.45, 2.75) is 136 Å². The first-order chi connectivity index (χ1) is 22.1. The molecule has 1 saturated heterocycles. The second kappa shape index (κ2) is 19.5. The molecule has 10 heteroatoms. The topological polar surface area (TPSA) is 143 Å². The van der Waals surface area contributed by atoms with E-state index in [0.717, 1.165) is 44.9 Å².